The van der Waals surface area contributed by atoms with E-state index in [2.05, 4.69) is 4.98 Å². The first-order valence-corrected chi connectivity index (χ1v) is 5.45. The second-order valence-electron chi connectivity index (χ2n) is 3.79. The zero-order valence-corrected chi connectivity index (χ0v) is 12.0. The van der Waals surface area contributed by atoms with E-state index in [1.165, 1.54) is 0 Å². The highest BCUT2D eigenvalue weighted by molar-refractivity contribution is 5.69. The lowest BCUT2D eigenvalue weighted by Gasteiger charge is -2.04. The first-order chi connectivity index (χ1) is 8.38. The van der Waals surface area contributed by atoms with Crippen LogP contribution in [-0.2, 0) is 0 Å². The van der Waals surface area contributed by atoms with Gasteiger partial charge in [0.25, 0.3) is 0 Å². The van der Waals surface area contributed by atoms with Gasteiger partial charge in [-0.05, 0) is 24.3 Å². The van der Waals surface area contributed by atoms with Crippen LogP contribution in [0.2, 0.25) is 0 Å². The number of aromatic nitrogens is 2. The molecule has 0 radical (unpaired) electrons. The summed E-state index contributed by atoms with van der Waals surface area (Å²) >= 11 is 0. The lowest BCUT2D eigenvalue weighted by atomic mass is 10.1. The monoisotopic (exact) mass is 351 g/mol. The van der Waals surface area contributed by atoms with E-state index in [0.29, 0.717) is 0 Å². The molecule has 0 fully saturated rings. The van der Waals surface area contributed by atoms with E-state index in [4.69, 9.17) is 4.74 Å². The van der Waals surface area contributed by atoms with E-state index in [-0.39, 0.29) is 24.0 Å². The van der Waals surface area contributed by atoms with Crippen LogP contribution in [0.3, 0.4) is 0 Å². The lowest BCUT2D eigenvalue weighted by Crippen LogP contribution is -3.00. The maximum absolute atomic E-state index is 5.35. The van der Waals surface area contributed by atoms with Crippen molar-refractivity contribution < 1.29 is 28.7 Å². The molecule has 0 unspecified atom stereocenters. The van der Waals surface area contributed by atoms with E-state index in [1.807, 2.05) is 59.3 Å². The van der Waals surface area contributed by atoms with Gasteiger partial charge in [-0.1, -0.05) is 18.2 Å². The molecular formula is C14H12IN2O-. The van der Waals surface area contributed by atoms with Crippen molar-refractivity contribution in [1.82, 2.24) is 9.38 Å². The first-order valence-electron chi connectivity index (χ1n) is 5.45. The summed E-state index contributed by atoms with van der Waals surface area (Å²) in [4.78, 5) is 4.57. The predicted molar refractivity (Wildman–Crippen MR) is 67.2 cm³/mol. The second-order valence-corrected chi connectivity index (χ2v) is 3.79. The van der Waals surface area contributed by atoms with Gasteiger partial charge in [0.2, 0.25) is 0 Å². The number of benzene rings is 1. The van der Waals surface area contributed by atoms with Crippen LogP contribution in [0.5, 0.6) is 5.75 Å². The number of hydrogen-bond donors (Lipinski definition) is 0. The number of pyridine rings is 1. The fourth-order valence-electron chi connectivity index (χ4n) is 1.92. The summed E-state index contributed by atoms with van der Waals surface area (Å²) in [6.45, 7) is 0. The predicted octanol–water partition coefficient (Wildman–Crippen LogP) is 0.0139. The number of fused-ring (bicyclic) bond motifs is 1. The van der Waals surface area contributed by atoms with Crippen molar-refractivity contribution in [3.63, 3.8) is 0 Å². The smallest absolute Gasteiger partial charge is 0.137 e. The average molecular weight is 351 g/mol. The van der Waals surface area contributed by atoms with Gasteiger partial charge in [-0.3, -0.25) is 0 Å². The zero-order valence-electron chi connectivity index (χ0n) is 9.88. The summed E-state index contributed by atoms with van der Waals surface area (Å²) < 4.78 is 7.35. The fourth-order valence-corrected chi connectivity index (χ4v) is 1.92. The molecule has 0 amide bonds. The Hall–Kier alpha value is -1.56. The molecule has 3 nitrogen and oxygen atoms in total. The van der Waals surface area contributed by atoms with Gasteiger partial charge in [0.1, 0.15) is 11.4 Å². The van der Waals surface area contributed by atoms with Gasteiger partial charge in [0, 0.05) is 18.0 Å². The molecule has 3 rings (SSSR count). The van der Waals surface area contributed by atoms with Gasteiger partial charge in [0.05, 0.1) is 12.8 Å². The van der Waals surface area contributed by atoms with Crippen LogP contribution in [-0.4, -0.2) is 16.5 Å². The van der Waals surface area contributed by atoms with Crippen LogP contribution in [0.1, 0.15) is 0 Å². The number of nitrogens with zero attached hydrogens (tertiary/aromatic N) is 2. The topological polar surface area (TPSA) is 26.5 Å². The number of hydrogen-bond acceptors (Lipinski definition) is 2. The molecule has 92 valence electrons. The molecule has 18 heavy (non-hydrogen) atoms. The van der Waals surface area contributed by atoms with E-state index in [1.54, 1.807) is 7.11 Å². The molecule has 3 aromatic rings. The molecule has 2 heterocycles. The molecule has 4 heteroatoms. The van der Waals surface area contributed by atoms with Crippen molar-refractivity contribution in [2.75, 3.05) is 7.11 Å². The minimum absolute atomic E-state index is 0. The Kier molecular flexibility index (Phi) is 3.86. The van der Waals surface area contributed by atoms with Crippen LogP contribution in [0.25, 0.3) is 16.9 Å². The minimum atomic E-state index is 0. The minimum Gasteiger partial charge on any atom is -1.00 e. The molecule has 2 aromatic heterocycles. The molecule has 0 aliphatic heterocycles. The SMILES string of the molecule is COc1ccccc1-c1cn2ccccc2n1.[I-]. The Morgan fingerprint density at radius 3 is 2.61 bits per heavy atom. The van der Waals surface area contributed by atoms with E-state index in [9.17, 15) is 0 Å². The Morgan fingerprint density at radius 1 is 1.06 bits per heavy atom. The molecule has 0 N–H and O–H groups in total. The molecular weight excluding hydrogens is 339 g/mol. The molecule has 0 saturated carbocycles. The molecule has 0 aliphatic rings. The van der Waals surface area contributed by atoms with Crippen molar-refractivity contribution >= 4 is 5.65 Å². The van der Waals surface area contributed by atoms with Gasteiger partial charge in [-0.25, -0.2) is 4.98 Å². The summed E-state index contributed by atoms with van der Waals surface area (Å²) in [5.41, 5.74) is 2.88. The average Bonchev–Trinajstić information content (AvgIpc) is 2.82. The van der Waals surface area contributed by atoms with E-state index < -0.39 is 0 Å². The van der Waals surface area contributed by atoms with Gasteiger partial charge in [0.15, 0.2) is 0 Å². The third-order valence-corrected chi connectivity index (χ3v) is 2.75. The molecule has 0 atom stereocenters. The Labute approximate surface area is 122 Å². The van der Waals surface area contributed by atoms with Crippen LogP contribution in [0, 0.1) is 0 Å². The Morgan fingerprint density at radius 2 is 1.83 bits per heavy atom. The molecule has 1 aromatic carbocycles. The van der Waals surface area contributed by atoms with E-state index in [0.717, 1.165) is 22.7 Å². The van der Waals surface area contributed by atoms with E-state index >= 15 is 0 Å². The molecule has 0 spiro atoms. The summed E-state index contributed by atoms with van der Waals surface area (Å²) in [7, 11) is 1.68. The summed E-state index contributed by atoms with van der Waals surface area (Å²) in [5.74, 6) is 0.843. The lowest BCUT2D eigenvalue weighted by molar-refractivity contribution is -0.00000375. The summed E-state index contributed by atoms with van der Waals surface area (Å²) in [6, 6.07) is 13.9. The third-order valence-electron chi connectivity index (χ3n) is 2.75. The van der Waals surface area contributed by atoms with Crippen molar-refractivity contribution in [3.05, 3.63) is 54.9 Å². The number of para-hydroxylation sites is 1. The Balaban J connectivity index is 0.00000120. The number of imidazole rings is 1. The van der Waals surface area contributed by atoms with Gasteiger partial charge in [-0.15, -0.1) is 0 Å². The molecule has 0 bridgehead atoms. The van der Waals surface area contributed by atoms with Gasteiger partial charge >= 0.3 is 0 Å². The number of methoxy groups -OCH3 is 1. The highest BCUT2D eigenvalue weighted by Gasteiger charge is 2.08. The van der Waals surface area contributed by atoms with Crippen molar-refractivity contribution in [2.45, 2.75) is 0 Å². The number of rotatable bonds is 2. The van der Waals surface area contributed by atoms with Crippen LogP contribution in [0.15, 0.2) is 54.9 Å². The largest absolute Gasteiger partial charge is 1.00 e. The summed E-state index contributed by atoms with van der Waals surface area (Å²) in [5, 5.41) is 0. The maximum Gasteiger partial charge on any atom is 0.137 e. The zero-order chi connectivity index (χ0) is 11.7. The molecule has 0 saturated heterocycles. The molecule has 0 aliphatic carbocycles. The third kappa shape index (κ3) is 2.20. The van der Waals surface area contributed by atoms with Crippen LogP contribution < -0.4 is 28.7 Å². The van der Waals surface area contributed by atoms with Crippen molar-refractivity contribution in [2.24, 2.45) is 0 Å². The standard InChI is InChI=1S/C14H12N2O.HI/c1-17-13-7-3-2-6-11(13)12-10-16-9-5-4-8-14(16)15-12;/h2-10H,1H3;1H/p-1. The highest BCUT2D eigenvalue weighted by atomic mass is 127. The Bertz CT molecular complexity index is 630. The number of ether oxygens (including phenoxy) is 1. The number of halogens is 1. The highest BCUT2D eigenvalue weighted by Crippen LogP contribution is 2.28. The normalized spacial score (nSPS) is 10.1. The second kappa shape index (κ2) is 5.39. The van der Waals surface area contributed by atoms with Crippen molar-refractivity contribution in [3.8, 4) is 17.0 Å². The summed E-state index contributed by atoms with van der Waals surface area (Å²) in [6.07, 6.45) is 3.99. The van der Waals surface area contributed by atoms with Gasteiger partial charge in [-0.2, -0.15) is 0 Å². The van der Waals surface area contributed by atoms with Crippen LogP contribution >= 0.6 is 0 Å². The maximum atomic E-state index is 5.35. The first kappa shape index (κ1) is 12.9. The van der Waals surface area contributed by atoms with Crippen LogP contribution in [0.4, 0.5) is 0 Å². The van der Waals surface area contributed by atoms with Crippen molar-refractivity contribution in [1.29, 1.82) is 0 Å². The fraction of sp³-hybridized carbons (Fsp3) is 0.0714. The quantitative estimate of drug-likeness (QED) is 0.609. The van der Waals surface area contributed by atoms with Gasteiger partial charge < -0.3 is 33.1 Å².